The van der Waals surface area contributed by atoms with Gasteiger partial charge in [-0.2, -0.15) is 11.8 Å². The van der Waals surface area contributed by atoms with Crippen molar-refractivity contribution in [1.82, 2.24) is 4.72 Å². The third-order valence-corrected chi connectivity index (χ3v) is 5.32. The van der Waals surface area contributed by atoms with Crippen LogP contribution in [-0.4, -0.2) is 33.5 Å². The standard InChI is InChI=1S/C13H20N2O2S2/c1-18-9-3-2-7-15-19(16,17)12-5-4-11-6-8-14-13(11)10-12/h4-5,10,14-15H,2-3,6-9H2,1H3. The van der Waals surface area contributed by atoms with E-state index in [1.165, 1.54) is 5.56 Å². The van der Waals surface area contributed by atoms with Gasteiger partial charge in [-0.05, 0) is 49.0 Å². The van der Waals surface area contributed by atoms with Gasteiger partial charge in [0.15, 0.2) is 0 Å². The van der Waals surface area contributed by atoms with Crippen LogP contribution in [0.1, 0.15) is 18.4 Å². The lowest BCUT2D eigenvalue weighted by Crippen LogP contribution is -2.24. The molecular weight excluding hydrogens is 280 g/mol. The lowest BCUT2D eigenvalue weighted by atomic mass is 10.2. The first kappa shape index (κ1) is 14.7. The molecule has 0 aromatic heterocycles. The molecule has 0 saturated carbocycles. The molecule has 1 aromatic rings. The maximum atomic E-state index is 12.1. The Hall–Kier alpha value is -0.720. The summed E-state index contributed by atoms with van der Waals surface area (Å²) in [6.07, 6.45) is 4.94. The molecule has 19 heavy (non-hydrogen) atoms. The van der Waals surface area contributed by atoms with E-state index < -0.39 is 10.0 Å². The number of fused-ring (bicyclic) bond motifs is 1. The number of rotatable bonds is 7. The third-order valence-electron chi connectivity index (χ3n) is 3.17. The van der Waals surface area contributed by atoms with Crippen LogP contribution in [0.3, 0.4) is 0 Å². The van der Waals surface area contributed by atoms with Gasteiger partial charge in [0.2, 0.25) is 10.0 Å². The number of nitrogens with one attached hydrogen (secondary N) is 2. The first-order valence-electron chi connectivity index (χ1n) is 6.49. The van der Waals surface area contributed by atoms with E-state index in [0.717, 1.165) is 37.2 Å². The minimum absolute atomic E-state index is 0.352. The molecule has 2 N–H and O–H groups in total. The molecule has 0 bridgehead atoms. The summed E-state index contributed by atoms with van der Waals surface area (Å²) in [6.45, 7) is 1.40. The number of hydrogen-bond acceptors (Lipinski definition) is 4. The predicted octanol–water partition coefficient (Wildman–Crippen LogP) is 2.08. The lowest BCUT2D eigenvalue weighted by Gasteiger charge is -2.08. The first-order chi connectivity index (χ1) is 9.13. The molecule has 0 atom stereocenters. The average Bonchev–Trinajstić information content (AvgIpc) is 2.85. The van der Waals surface area contributed by atoms with Crippen molar-refractivity contribution in [2.45, 2.75) is 24.2 Å². The summed E-state index contributed by atoms with van der Waals surface area (Å²) in [4.78, 5) is 0.352. The van der Waals surface area contributed by atoms with Gasteiger partial charge in [-0.3, -0.25) is 0 Å². The van der Waals surface area contributed by atoms with Crippen molar-refractivity contribution in [3.8, 4) is 0 Å². The van der Waals surface area contributed by atoms with Crippen molar-refractivity contribution in [3.05, 3.63) is 23.8 Å². The van der Waals surface area contributed by atoms with Crippen LogP contribution in [0, 0.1) is 0 Å². The van der Waals surface area contributed by atoms with Crippen molar-refractivity contribution >= 4 is 27.5 Å². The van der Waals surface area contributed by atoms with E-state index in [1.807, 2.05) is 6.07 Å². The molecular formula is C13H20N2O2S2. The van der Waals surface area contributed by atoms with E-state index in [0.29, 0.717) is 11.4 Å². The largest absolute Gasteiger partial charge is 0.384 e. The smallest absolute Gasteiger partial charge is 0.240 e. The number of hydrogen-bond donors (Lipinski definition) is 2. The molecule has 2 rings (SSSR count). The maximum absolute atomic E-state index is 12.1. The van der Waals surface area contributed by atoms with Crippen molar-refractivity contribution in [1.29, 1.82) is 0 Å². The number of thioether (sulfide) groups is 1. The number of benzene rings is 1. The molecule has 0 fully saturated rings. The van der Waals surface area contributed by atoms with Gasteiger partial charge in [0, 0.05) is 18.8 Å². The van der Waals surface area contributed by atoms with Gasteiger partial charge in [-0.1, -0.05) is 6.07 Å². The van der Waals surface area contributed by atoms with Gasteiger partial charge in [0.1, 0.15) is 0 Å². The molecule has 0 spiro atoms. The predicted molar refractivity (Wildman–Crippen MR) is 81.4 cm³/mol. The molecule has 0 unspecified atom stereocenters. The SMILES string of the molecule is CSCCCCNS(=O)(=O)c1ccc2c(c1)NCC2. The summed E-state index contributed by atoms with van der Waals surface area (Å²) in [5.41, 5.74) is 2.14. The maximum Gasteiger partial charge on any atom is 0.240 e. The number of unbranched alkanes of at least 4 members (excludes halogenated alkanes) is 1. The van der Waals surface area contributed by atoms with Gasteiger partial charge >= 0.3 is 0 Å². The fourth-order valence-corrected chi connectivity index (χ4v) is 3.69. The Morgan fingerprint density at radius 1 is 1.37 bits per heavy atom. The van der Waals surface area contributed by atoms with Crippen LogP contribution in [0.15, 0.2) is 23.1 Å². The normalized spacial score (nSPS) is 14.2. The first-order valence-corrected chi connectivity index (χ1v) is 9.36. The highest BCUT2D eigenvalue weighted by molar-refractivity contribution is 7.98. The second-order valence-corrected chi connectivity index (χ2v) is 7.35. The van der Waals surface area contributed by atoms with Gasteiger partial charge in [0.25, 0.3) is 0 Å². The van der Waals surface area contributed by atoms with Crippen LogP contribution in [0.25, 0.3) is 0 Å². The highest BCUT2D eigenvalue weighted by Crippen LogP contribution is 2.25. The Balaban J connectivity index is 1.95. The van der Waals surface area contributed by atoms with Crippen molar-refractivity contribution in [2.24, 2.45) is 0 Å². The molecule has 4 nitrogen and oxygen atoms in total. The Morgan fingerprint density at radius 3 is 3.00 bits per heavy atom. The Bertz CT molecular complexity index is 529. The molecule has 0 radical (unpaired) electrons. The Morgan fingerprint density at radius 2 is 2.21 bits per heavy atom. The highest BCUT2D eigenvalue weighted by Gasteiger charge is 2.17. The third kappa shape index (κ3) is 3.87. The molecule has 0 aliphatic carbocycles. The van der Waals surface area contributed by atoms with E-state index in [-0.39, 0.29) is 0 Å². The molecule has 1 aliphatic rings. The molecule has 106 valence electrons. The van der Waals surface area contributed by atoms with Crippen molar-refractivity contribution < 1.29 is 8.42 Å². The quantitative estimate of drug-likeness (QED) is 0.757. The molecule has 0 amide bonds. The van der Waals surface area contributed by atoms with E-state index >= 15 is 0 Å². The van der Waals surface area contributed by atoms with Crippen LogP contribution in [0.5, 0.6) is 0 Å². The average molecular weight is 300 g/mol. The van der Waals surface area contributed by atoms with Crippen LogP contribution in [0.2, 0.25) is 0 Å². The second kappa shape index (κ2) is 6.63. The molecule has 1 aromatic carbocycles. The summed E-state index contributed by atoms with van der Waals surface area (Å²) in [5.74, 6) is 1.07. The number of anilines is 1. The van der Waals surface area contributed by atoms with Crippen molar-refractivity contribution in [3.63, 3.8) is 0 Å². The zero-order valence-corrected chi connectivity index (χ0v) is 12.7. The second-order valence-electron chi connectivity index (χ2n) is 4.59. The fraction of sp³-hybridized carbons (Fsp3) is 0.538. The number of sulfonamides is 1. The van der Waals surface area contributed by atoms with Gasteiger partial charge in [-0.25, -0.2) is 13.1 Å². The summed E-state index contributed by atoms with van der Waals surface area (Å²) in [7, 11) is -3.37. The van der Waals surface area contributed by atoms with Gasteiger partial charge < -0.3 is 5.32 Å². The molecule has 0 saturated heterocycles. The summed E-state index contributed by atoms with van der Waals surface area (Å²) in [5, 5.41) is 3.20. The van der Waals surface area contributed by atoms with E-state index in [1.54, 1.807) is 23.9 Å². The zero-order chi connectivity index (χ0) is 13.7. The van der Waals surface area contributed by atoms with E-state index in [4.69, 9.17) is 0 Å². The summed E-state index contributed by atoms with van der Waals surface area (Å²) in [6, 6.07) is 5.32. The van der Waals surface area contributed by atoms with Crippen LogP contribution >= 0.6 is 11.8 Å². The van der Waals surface area contributed by atoms with Crippen LogP contribution in [0.4, 0.5) is 5.69 Å². The van der Waals surface area contributed by atoms with Gasteiger partial charge in [-0.15, -0.1) is 0 Å². The van der Waals surface area contributed by atoms with Gasteiger partial charge in [0.05, 0.1) is 4.90 Å². The lowest BCUT2D eigenvalue weighted by molar-refractivity contribution is 0.578. The van der Waals surface area contributed by atoms with Crippen LogP contribution in [-0.2, 0) is 16.4 Å². The molecule has 1 heterocycles. The zero-order valence-electron chi connectivity index (χ0n) is 11.1. The van der Waals surface area contributed by atoms with E-state index in [2.05, 4.69) is 16.3 Å². The molecule has 6 heteroatoms. The minimum atomic E-state index is -3.37. The van der Waals surface area contributed by atoms with E-state index in [9.17, 15) is 8.42 Å². The topological polar surface area (TPSA) is 58.2 Å². The molecule has 1 aliphatic heterocycles. The Labute approximate surface area is 119 Å². The monoisotopic (exact) mass is 300 g/mol. The fourth-order valence-electron chi connectivity index (χ4n) is 2.10. The minimum Gasteiger partial charge on any atom is -0.384 e. The van der Waals surface area contributed by atoms with Crippen LogP contribution < -0.4 is 10.0 Å². The highest BCUT2D eigenvalue weighted by atomic mass is 32.2. The Kier molecular flexibility index (Phi) is 5.13. The summed E-state index contributed by atoms with van der Waals surface area (Å²) >= 11 is 1.78. The summed E-state index contributed by atoms with van der Waals surface area (Å²) < 4.78 is 26.9. The van der Waals surface area contributed by atoms with Crippen molar-refractivity contribution in [2.75, 3.05) is 30.4 Å².